The molecule has 0 spiro atoms. The fourth-order valence-corrected chi connectivity index (χ4v) is 6.05. The summed E-state index contributed by atoms with van der Waals surface area (Å²) in [6.45, 7) is 7.65. The van der Waals surface area contributed by atoms with Crippen molar-refractivity contribution < 1.29 is 28.2 Å². The molecule has 0 aliphatic carbocycles. The molecule has 11 heteroatoms. The van der Waals surface area contributed by atoms with Crippen LogP contribution >= 0.6 is 11.8 Å². The van der Waals surface area contributed by atoms with Gasteiger partial charge in [-0.2, -0.15) is 0 Å². The highest BCUT2D eigenvalue weighted by Crippen LogP contribution is 2.39. The van der Waals surface area contributed by atoms with Crippen LogP contribution in [0.25, 0.3) is 22.3 Å². The average molecular weight is 617 g/mol. The molecule has 0 N–H and O–H groups in total. The number of benzene rings is 2. The van der Waals surface area contributed by atoms with E-state index in [9.17, 15) is 14.0 Å². The third kappa shape index (κ3) is 5.96. The maximum absolute atomic E-state index is 14.2. The largest absolute Gasteiger partial charge is 0.481 e. The van der Waals surface area contributed by atoms with E-state index in [2.05, 4.69) is 9.97 Å². The van der Waals surface area contributed by atoms with Crippen LogP contribution in [0.15, 0.2) is 53.9 Å². The lowest BCUT2D eigenvalue weighted by Crippen LogP contribution is -2.32. The van der Waals surface area contributed by atoms with Gasteiger partial charge >= 0.3 is 12.1 Å². The molecular formula is C33H33FN4O5S. The Labute approximate surface area is 259 Å². The Hall–Kier alpha value is -4.51. The van der Waals surface area contributed by atoms with Crippen molar-refractivity contribution in [3.8, 4) is 28.1 Å². The number of methoxy groups -OCH3 is 2. The lowest BCUT2D eigenvalue weighted by atomic mass is 9.92. The number of amides is 1. The van der Waals surface area contributed by atoms with E-state index in [1.807, 2.05) is 39.2 Å². The molecule has 0 bridgehead atoms. The van der Waals surface area contributed by atoms with E-state index in [1.165, 1.54) is 38.1 Å². The molecule has 0 saturated carbocycles. The Morgan fingerprint density at radius 1 is 1.02 bits per heavy atom. The third-order valence-electron chi connectivity index (χ3n) is 7.71. The van der Waals surface area contributed by atoms with Gasteiger partial charge in [-0.05, 0) is 92.1 Å². The number of halogens is 1. The third-order valence-corrected chi connectivity index (χ3v) is 8.27. The normalized spacial score (nSPS) is 16.2. The smallest absolute Gasteiger partial charge is 0.411 e. The number of esters is 1. The number of rotatable bonds is 8. The van der Waals surface area contributed by atoms with Crippen LogP contribution in [0, 0.1) is 26.6 Å². The summed E-state index contributed by atoms with van der Waals surface area (Å²) < 4.78 is 30.5. The minimum Gasteiger partial charge on any atom is -0.481 e. The summed E-state index contributed by atoms with van der Waals surface area (Å²) in [7, 11) is 2.89. The zero-order valence-corrected chi connectivity index (χ0v) is 26.4. The molecule has 0 radical (unpaired) electrons. The van der Waals surface area contributed by atoms with Crippen molar-refractivity contribution in [1.82, 2.24) is 19.9 Å². The topological polar surface area (TPSA) is 104 Å². The van der Waals surface area contributed by atoms with Crippen LogP contribution in [0.4, 0.5) is 9.18 Å². The predicted octanol–water partition coefficient (Wildman–Crippen LogP) is 6.87. The summed E-state index contributed by atoms with van der Waals surface area (Å²) in [4.78, 5) is 40.8. The summed E-state index contributed by atoms with van der Waals surface area (Å²) in [5, 5.41) is 0.537. The lowest BCUT2D eigenvalue weighted by molar-refractivity contribution is 0.0600. The SMILES string of the molecule is COC(=O)c1cc(C)c(-c2cnc(OC)c(-c3cnc(SC)nc3CN3C(=O)O[C@H](c4cc(C)cc(F)c4)[C@@H]3C)c2)c(C)c1. The van der Waals surface area contributed by atoms with Gasteiger partial charge in [0.2, 0.25) is 5.88 Å². The summed E-state index contributed by atoms with van der Waals surface area (Å²) in [6.07, 6.45) is 4.14. The standard InChI is InChI=1S/C33H33FN4O5S/c1-17-8-21(12-24(34)9-17)29-20(4)38(33(40)43-29)16-27-26(15-36-32(37-27)44-7)25-13-23(14-35-30(25)41-5)28-18(2)10-22(11-19(28)3)31(39)42-6/h8-15,20,29H,16H2,1-7H3/t20-,29-/m0/s1. The second kappa shape index (κ2) is 12.6. The van der Waals surface area contributed by atoms with Crippen molar-refractivity contribution in [2.45, 2.75) is 51.5 Å². The Morgan fingerprint density at radius 2 is 1.75 bits per heavy atom. The molecule has 9 nitrogen and oxygen atoms in total. The van der Waals surface area contributed by atoms with Crippen molar-refractivity contribution in [3.63, 3.8) is 0 Å². The molecule has 2 aromatic carbocycles. The van der Waals surface area contributed by atoms with Gasteiger partial charge in [0.15, 0.2) is 5.16 Å². The maximum atomic E-state index is 14.2. The van der Waals surface area contributed by atoms with Crippen LogP contribution in [-0.4, -0.2) is 58.4 Å². The maximum Gasteiger partial charge on any atom is 0.411 e. The Morgan fingerprint density at radius 3 is 2.39 bits per heavy atom. The van der Waals surface area contributed by atoms with Gasteiger partial charge in [0.1, 0.15) is 11.9 Å². The summed E-state index contributed by atoms with van der Waals surface area (Å²) in [6, 6.07) is 9.79. The molecule has 44 heavy (non-hydrogen) atoms. The van der Waals surface area contributed by atoms with Gasteiger partial charge in [-0.25, -0.2) is 28.9 Å². The van der Waals surface area contributed by atoms with E-state index in [-0.39, 0.29) is 12.4 Å². The molecule has 228 valence electrons. The average Bonchev–Trinajstić information content (AvgIpc) is 3.28. The van der Waals surface area contributed by atoms with Gasteiger partial charge in [0.25, 0.3) is 0 Å². The molecule has 1 saturated heterocycles. The number of thioether (sulfide) groups is 1. The number of nitrogens with zero attached hydrogens (tertiary/aromatic N) is 4. The van der Waals surface area contributed by atoms with E-state index >= 15 is 0 Å². The number of hydrogen-bond donors (Lipinski definition) is 0. The van der Waals surface area contributed by atoms with Crippen molar-refractivity contribution >= 4 is 23.8 Å². The number of cyclic esters (lactones) is 1. The van der Waals surface area contributed by atoms with E-state index in [0.29, 0.717) is 39.0 Å². The van der Waals surface area contributed by atoms with E-state index < -0.39 is 24.2 Å². The molecule has 3 heterocycles. The second-order valence-electron chi connectivity index (χ2n) is 10.7. The fourth-order valence-electron chi connectivity index (χ4n) is 5.69. The highest BCUT2D eigenvalue weighted by atomic mass is 32.2. The molecule has 1 fully saturated rings. The van der Waals surface area contributed by atoms with E-state index in [1.54, 1.807) is 36.4 Å². The van der Waals surface area contributed by atoms with Crippen LogP contribution in [0.5, 0.6) is 5.88 Å². The number of pyridine rings is 1. The predicted molar refractivity (Wildman–Crippen MR) is 165 cm³/mol. The van der Waals surface area contributed by atoms with Crippen LogP contribution in [0.1, 0.15) is 51.3 Å². The number of hydrogen-bond acceptors (Lipinski definition) is 9. The number of aromatic nitrogens is 3. The molecule has 1 aliphatic rings. The zero-order chi connectivity index (χ0) is 31.7. The highest BCUT2D eigenvalue weighted by Gasteiger charge is 2.40. The van der Waals surface area contributed by atoms with Gasteiger partial charge in [-0.3, -0.25) is 4.90 Å². The fraction of sp³-hybridized carbons (Fsp3) is 0.303. The minimum absolute atomic E-state index is 0.121. The van der Waals surface area contributed by atoms with Gasteiger partial charge < -0.3 is 14.2 Å². The second-order valence-corrected chi connectivity index (χ2v) is 11.5. The first-order valence-corrected chi connectivity index (χ1v) is 15.2. The number of carbonyl (C=O) groups excluding carboxylic acids is 2. The highest BCUT2D eigenvalue weighted by molar-refractivity contribution is 7.98. The number of aryl methyl sites for hydroxylation is 3. The molecule has 0 unspecified atom stereocenters. The quantitative estimate of drug-likeness (QED) is 0.119. The number of ether oxygens (including phenoxy) is 3. The first-order valence-electron chi connectivity index (χ1n) is 13.9. The van der Waals surface area contributed by atoms with Gasteiger partial charge in [-0.1, -0.05) is 17.8 Å². The lowest BCUT2D eigenvalue weighted by Gasteiger charge is -2.22. The molecule has 1 amide bonds. The first-order chi connectivity index (χ1) is 21.0. The summed E-state index contributed by atoms with van der Waals surface area (Å²) in [5.41, 5.74) is 7.15. The molecule has 2 atom stereocenters. The molecule has 1 aliphatic heterocycles. The summed E-state index contributed by atoms with van der Waals surface area (Å²) in [5.74, 6) is -0.423. The molecule has 5 rings (SSSR count). The summed E-state index contributed by atoms with van der Waals surface area (Å²) >= 11 is 1.38. The minimum atomic E-state index is -0.638. The van der Waals surface area contributed by atoms with Crippen LogP contribution in [-0.2, 0) is 16.0 Å². The molecule has 4 aromatic rings. The Balaban J connectivity index is 1.56. The number of carbonyl (C=O) groups is 2. The van der Waals surface area contributed by atoms with Crippen LogP contribution in [0.3, 0.4) is 0 Å². The Kier molecular flexibility index (Phi) is 8.87. The zero-order valence-electron chi connectivity index (χ0n) is 25.6. The van der Waals surface area contributed by atoms with Gasteiger partial charge in [0.05, 0.1) is 38.1 Å². The first kappa shape index (κ1) is 30.9. The van der Waals surface area contributed by atoms with Crippen LogP contribution < -0.4 is 4.74 Å². The van der Waals surface area contributed by atoms with E-state index in [0.717, 1.165) is 27.8 Å². The van der Waals surface area contributed by atoms with Crippen molar-refractivity contribution in [1.29, 1.82) is 0 Å². The Bertz CT molecular complexity index is 1720. The van der Waals surface area contributed by atoms with Crippen molar-refractivity contribution in [2.75, 3.05) is 20.5 Å². The molecular weight excluding hydrogens is 583 g/mol. The monoisotopic (exact) mass is 616 g/mol. The molecule has 2 aromatic heterocycles. The van der Waals surface area contributed by atoms with E-state index in [4.69, 9.17) is 19.2 Å². The van der Waals surface area contributed by atoms with Crippen molar-refractivity contribution in [3.05, 3.63) is 88.1 Å². The van der Waals surface area contributed by atoms with Crippen LogP contribution in [0.2, 0.25) is 0 Å². The van der Waals surface area contributed by atoms with Crippen molar-refractivity contribution in [2.24, 2.45) is 0 Å². The van der Waals surface area contributed by atoms with Gasteiger partial charge in [-0.15, -0.1) is 0 Å². The van der Waals surface area contributed by atoms with Gasteiger partial charge in [0, 0.05) is 29.1 Å².